The predicted octanol–water partition coefficient (Wildman–Crippen LogP) is 3.88. The standard InChI is InChI=1S/C74H114ClF2N13O13/c1-44(2)35-53-68(98)87(15)58(39-50-25-19-17-20-26-50)67(97)82-63(49(10)91)72(102)83(11)42-61(93)85(13)57(37-46(5)6)66(96)80-54(36-45(3)4)69(99)88(16)59(40-51-27-23-28-52(75)38-51)71(101)84(12)48(9)64(94)78-55(70(100)90-32-21-18-22-33-90)41-60(92)81-62(47(7)8)73(103)86(14)56(65(95)79-53)29-34-89-31-24-30-74(76,77)43-89/h17,19-20,23,25-28,38,44-49,53-59,62-63,91H,18,21-22,24,29-37,39-43H2,1-16H3,(H,78,94)(H,79,95)(H,80,96)(H,81,92)(H,82,97)/t48-,49+,53-,54?,55-,56-,57-,58-,59-,62+,63-/m0/s1. The Bertz CT molecular complexity index is 3270. The first-order chi connectivity index (χ1) is 48.2. The minimum Gasteiger partial charge on any atom is -0.391 e. The van der Waals surface area contributed by atoms with E-state index in [9.17, 15) is 47.4 Å². The first-order valence-electron chi connectivity index (χ1n) is 36.2. The second kappa shape index (κ2) is 39.3. The number of nitrogens with one attached hydrogen (secondary N) is 5. The molecule has 29 heteroatoms. The number of hydrogen-bond acceptors (Lipinski definition) is 14. The van der Waals surface area contributed by atoms with Gasteiger partial charge < -0.3 is 66.0 Å². The van der Waals surface area contributed by atoms with E-state index in [2.05, 4.69) is 26.6 Å². The molecule has 3 heterocycles. The molecule has 1 unspecified atom stereocenters. The lowest BCUT2D eigenvalue weighted by atomic mass is 9.97. The molecule has 3 aliphatic heterocycles. The molecule has 2 aromatic carbocycles. The normalized spacial score (nSPS) is 26.2. The van der Waals surface area contributed by atoms with Crippen molar-refractivity contribution in [2.24, 2.45) is 23.7 Å². The Labute approximate surface area is 611 Å². The topological polar surface area (TPSA) is 311 Å². The van der Waals surface area contributed by atoms with Crippen molar-refractivity contribution < 1.29 is 71.4 Å². The number of carbonyl (C=O) groups is 12. The van der Waals surface area contributed by atoms with Gasteiger partial charge in [0.05, 0.1) is 25.6 Å². The van der Waals surface area contributed by atoms with Crippen LogP contribution in [0.15, 0.2) is 54.6 Å². The van der Waals surface area contributed by atoms with Crippen molar-refractivity contribution >= 4 is 82.5 Å². The highest BCUT2D eigenvalue weighted by molar-refractivity contribution is 6.30. The van der Waals surface area contributed by atoms with Gasteiger partial charge in [-0.2, -0.15) is 0 Å². The van der Waals surface area contributed by atoms with Gasteiger partial charge in [0.25, 0.3) is 5.92 Å². The van der Waals surface area contributed by atoms with Crippen LogP contribution in [0.25, 0.3) is 0 Å². The van der Waals surface area contributed by atoms with Gasteiger partial charge in [-0.3, -0.25) is 62.4 Å². The van der Waals surface area contributed by atoms with E-state index in [-0.39, 0.29) is 82.2 Å². The summed E-state index contributed by atoms with van der Waals surface area (Å²) >= 11 is 6.47. The summed E-state index contributed by atoms with van der Waals surface area (Å²) in [5.74, 6) is -14.1. The average molecular weight is 1470 g/mol. The molecule has 0 bridgehead atoms. The number of halogens is 3. The van der Waals surface area contributed by atoms with Crippen LogP contribution >= 0.6 is 11.6 Å². The van der Waals surface area contributed by atoms with Crippen molar-refractivity contribution in [3.05, 3.63) is 70.7 Å². The summed E-state index contributed by atoms with van der Waals surface area (Å²) in [5, 5.41) is 25.4. The number of carbonyl (C=O) groups excluding carboxylic acids is 12. The summed E-state index contributed by atoms with van der Waals surface area (Å²) in [6.45, 7) is 16.3. The zero-order valence-electron chi connectivity index (χ0n) is 63.1. The van der Waals surface area contributed by atoms with Gasteiger partial charge in [0.1, 0.15) is 60.4 Å². The fraction of sp³-hybridized carbons (Fsp3) is 0.676. The van der Waals surface area contributed by atoms with Crippen molar-refractivity contribution in [1.82, 2.24) is 65.8 Å². The van der Waals surface area contributed by atoms with Gasteiger partial charge in [0, 0.05) is 86.2 Å². The van der Waals surface area contributed by atoms with Crippen LogP contribution in [0.3, 0.4) is 0 Å². The lowest BCUT2D eigenvalue weighted by Gasteiger charge is -2.37. The smallest absolute Gasteiger partial charge is 0.260 e. The van der Waals surface area contributed by atoms with Gasteiger partial charge in [-0.1, -0.05) is 109 Å². The van der Waals surface area contributed by atoms with Gasteiger partial charge in [0.2, 0.25) is 70.9 Å². The van der Waals surface area contributed by atoms with Crippen LogP contribution in [0.2, 0.25) is 5.02 Å². The monoisotopic (exact) mass is 1470 g/mol. The third-order valence-corrected chi connectivity index (χ3v) is 19.9. The second-order valence-corrected chi connectivity index (χ2v) is 30.4. The molecule has 26 nitrogen and oxygen atoms in total. The molecule has 5 rings (SSSR count). The third kappa shape index (κ3) is 24.9. The maximum absolute atomic E-state index is 15.3. The molecule has 6 N–H and O–H groups in total. The second-order valence-electron chi connectivity index (χ2n) is 30.0. The number of likely N-dealkylation sites (N-methyl/N-ethyl adjacent to an activating group) is 6. The number of likely N-dealkylation sites (tertiary alicyclic amines) is 2. The quantitative estimate of drug-likeness (QED) is 0.139. The van der Waals surface area contributed by atoms with Crippen molar-refractivity contribution in [1.29, 1.82) is 0 Å². The number of amides is 12. The third-order valence-electron chi connectivity index (χ3n) is 19.6. The zero-order valence-corrected chi connectivity index (χ0v) is 63.9. The molecule has 0 spiro atoms. The van der Waals surface area contributed by atoms with Crippen molar-refractivity contribution in [2.75, 3.05) is 81.6 Å². The number of aliphatic hydroxyl groups excluding tert-OH is 1. The molecular weight excluding hydrogens is 1350 g/mol. The van der Waals surface area contributed by atoms with Crippen LogP contribution < -0.4 is 26.6 Å². The van der Waals surface area contributed by atoms with E-state index in [4.69, 9.17) is 11.6 Å². The number of alkyl halides is 2. The maximum atomic E-state index is 15.3. The molecule has 0 saturated carbocycles. The minimum atomic E-state index is -3.04. The SMILES string of the molecule is CC(C)CC1NC(=O)[C@H](CC(C)C)N(C)C(=O)CN(C)C(=O)[C@H]([C@@H](C)O)NC(=O)[C@H](Cc2ccccc2)N(C)C(=O)[C@H](CC(C)C)NC(=O)[C@H](CCN2CCCC(F)(F)C2)N(C)C(=O)[C@@H](C(C)C)NC(=O)C[C@@H](C(=O)N2CCCCC2)NC(=O)[C@H](C)N(C)C(=O)[C@H](Cc2cccc(Cl)c2)N(C)C1=O. The lowest BCUT2D eigenvalue weighted by molar-refractivity contribution is -0.150. The summed E-state index contributed by atoms with van der Waals surface area (Å²) in [6.07, 6.45) is -0.857. The molecule has 2 aromatic rings. The molecule has 0 radical (unpaired) electrons. The fourth-order valence-electron chi connectivity index (χ4n) is 13.3. The van der Waals surface area contributed by atoms with Crippen LogP contribution in [0.4, 0.5) is 8.78 Å². The van der Waals surface area contributed by atoms with Gasteiger partial charge in [-0.05, 0) is 119 Å². The molecule has 11 atom stereocenters. The van der Waals surface area contributed by atoms with Crippen molar-refractivity contribution in [3.8, 4) is 0 Å². The minimum absolute atomic E-state index is 0.0263. The first kappa shape index (κ1) is 85.8. The number of nitrogens with zero attached hydrogens (tertiary/aromatic N) is 8. The van der Waals surface area contributed by atoms with E-state index < -0.39 is 169 Å². The molecule has 3 saturated heterocycles. The Morgan fingerprint density at radius 2 is 1.09 bits per heavy atom. The molecule has 0 aliphatic carbocycles. The van der Waals surface area contributed by atoms with Crippen molar-refractivity contribution in [3.63, 3.8) is 0 Å². The van der Waals surface area contributed by atoms with E-state index >= 15 is 24.0 Å². The van der Waals surface area contributed by atoms with Crippen LogP contribution in [-0.4, -0.2) is 269 Å². The molecule has 3 aliphatic rings. The highest BCUT2D eigenvalue weighted by Crippen LogP contribution is 2.28. The van der Waals surface area contributed by atoms with E-state index in [1.807, 2.05) is 27.7 Å². The molecule has 12 amide bonds. The molecule has 3 fully saturated rings. The Morgan fingerprint density at radius 1 is 0.553 bits per heavy atom. The largest absolute Gasteiger partial charge is 0.391 e. The number of benzene rings is 2. The van der Waals surface area contributed by atoms with Gasteiger partial charge >= 0.3 is 0 Å². The van der Waals surface area contributed by atoms with Crippen LogP contribution in [0.5, 0.6) is 0 Å². The fourth-order valence-corrected chi connectivity index (χ4v) is 13.6. The molecule has 103 heavy (non-hydrogen) atoms. The van der Waals surface area contributed by atoms with Gasteiger partial charge in [-0.15, -0.1) is 0 Å². The Kier molecular flexibility index (Phi) is 32.7. The van der Waals surface area contributed by atoms with Crippen LogP contribution in [-0.2, 0) is 70.4 Å². The highest BCUT2D eigenvalue weighted by atomic mass is 35.5. The number of rotatable bonds is 16. The summed E-state index contributed by atoms with van der Waals surface area (Å²) in [6, 6.07) is 0.834. The number of piperidine rings is 2. The van der Waals surface area contributed by atoms with E-state index in [1.54, 1.807) is 82.3 Å². The summed E-state index contributed by atoms with van der Waals surface area (Å²) < 4.78 is 30.0. The highest BCUT2D eigenvalue weighted by Gasteiger charge is 2.44. The summed E-state index contributed by atoms with van der Waals surface area (Å²) in [5.41, 5.74) is 1.09. The Morgan fingerprint density at radius 3 is 1.63 bits per heavy atom. The molecular formula is C74H114ClF2N13O13. The maximum Gasteiger partial charge on any atom is 0.260 e. The van der Waals surface area contributed by atoms with Gasteiger partial charge in [-0.25, -0.2) is 8.78 Å². The van der Waals surface area contributed by atoms with Crippen LogP contribution in [0, 0.1) is 23.7 Å². The zero-order chi connectivity index (χ0) is 77.1. The van der Waals surface area contributed by atoms with Crippen LogP contribution in [0.1, 0.15) is 145 Å². The number of hydrogen-bond donors (Lipinski definition) is 6. The van der Waals surface area contributed by atoms with E-state index in [0.717, 1.165) is 30.9 Å². The molecule has 0 aromatic heterocycles. The van der Waals surface area contributed by atoms with Crippen molar-refractivity contribution in [2.45, 2.75) is 219 Å². The van der Waals surface area contributed by atoms with E-state index in [1.165, 1.54) is 70.8 Å². The molecule has 574 valence electrons. The number of aliphatic hydroxyl groups is 1. The predicted molar refractivity (Wildman–Crippen MR) is 386 cm³/mol. The first-order valence-corrected chi connectivity index (χ1v) is 36.5. The summed E-state index contributed by atoms with van der Waals surface area (Å²) in [4.78, 5) is 189. The summed E-state index contributed by atoms with van der Waals surface area (Å²) in [7, 11) is 8.01. The Balaban J connectivity index is 1.68. The average Bonchev–Trinajstić information content (AvgIpc) is 0.814. The van der Waals surface area contributed by atoms with E-state index in [0.29, 0.717) is 42.1 Å². The Hall–Kier alpha value is -7.85. The van der Waals surface area contributed by atoms with Gasteiger partial charge in [0.15, 0.2) is 0 Å². The lowest BCUT2D eigenvalue weighted by Crippen LogP contribution is -2.62.